The fourth-order valence-electron chi connectivity index (χ4n) is 3.55. The number of carbonyl (C=O) groups is 1. The SMILES string of the molecule is Cc1cc(N2CCN(C(=O)C3CCCO3)CC2)n2nc(C)cc2n1. The number of hydrogen-bond acceptors (Lipinski definition) is 5. The molecule has 1 amide bonds. The number of piperazine rings is 1. The number of aryl methyl sites for hydroxylation is 2. The first-order chi connectivity index (χ1) is 11.6. The average Bonchev–Trinajstić information content (AvgIpc) is 3.22. The maximum absolute atomic E-state index is 12.5. The molecule has 0 radical (unpaired) electrons. The van der Waals surface area contributed by atoms with Crippen LogP contribution in [0.1, 0.15) is 24.2 Å². The highest BCUT2D eigenvalue weighted by Crippen LogP contribution is 2.21. The monoisotopic (exact) mass is 329 g/mol. The second-order valence-corrected chi connectivity index (χ2v) is 6.63. The second-order valence-electron chi connectivity index (χ2n) is 6.63. The van der Waals surface area contributed by atoms with Crippen LogP contribution in [0.25, 0.3) is 5.65 Å². The zero-order chi connectivity index (χ0) is 16.7. The molecule has 0 aromatic carbocycles. The lowest BCUT2D eigenvalue weighted by atomic mass is 10.2. The Bertz CT molecular complexity index is 758. The first-order valence-electron chi connectivity index (χ1n) is 8.61. The number of aromatic nitrogens is 3. The van der Waals surface area contributed by atoms with Crippen LogP contribution in [0.2, 0.25) is 0 Å². The van der Waals surface area contributed by atoms with Gasteiger partial charge in [-0.15, -0.1) is 0 Å². The third-order valence-electron chi connectivity index (χ3n) is 4.78. The van der Waals surface area contributed by atoms with Gasteiger partial charge in [-0.2, -0.15) is 9.61 Å². The summed E-state index contributed by atoms with van der Waals surface area (Å²) in [7, 11) is 0. The zero-order valence-electron chi connectivity index (χ0n) is 14.2. The van der Waals surface area contributed by atoms with Crippen molar-refractivity contribution < 1.29 is 9.53 Å². The van der Waals surface area contributed by atoms with Gasteiger partial charge in [0.25, 0.3) is 5.91 Å². The number of rotatable bonds is 2. The summed E-state index contributed by atoms with van der Waals surface area (Å²) in [6.07, 6.45) is 1.62. The number of nitrogens with zero attached hydrogens (tertiary/aromatic N) is 5. The molecule has 7 heteroatoms. The Morgan fingerprint density at radius 1 is 1.17 bits per heavy atom. The average molecular weight is 329 g/mol. The lowest BCUT2D eigenvalue weighted by Gasteiger charge is -2.36. The van der Waals surface area contributed by atoms with Gasteiger partial charge in [0.05, 0.1) is 5.69 Å². The van der Waals surface area contributed by atoms with Gasteiger partial charge in [-0.05, 0) is 26.7 Å². The van der Waals surface area contributed by atoms with Gasteiger partial charge in [0, 0.05) is 50.6 Å². The molecule has 2 fully saturated rings. The van der Waals surface area contributed by atoms with Crippen LogP contribution in [-0.4, -0.2) is 64.3 Å². The minimum Gasteiger partial charge on any atom is -0.368 e. The molecule has 2 aromatic rings. The van der Waals surface area contributed by atoms with Crippen LogP contribution >= 0.6 is 0 Å². The van der Waals surface area contributed by atoms with Gasteiger partial charge < -0.3 is 14.5 Å². The fraction of sp³-hybridized carbons (Fsp3) is 0.588. The van der Waals surface area contributed by atoms with E-state index in [2.05, 4.69) is 21.0 Å². The first kappa shape index (κ1) is 15.4. The molecule has 0 saturated carbocycles. The van der Waals surface area contributed by atoms with Gasteiger partial charge >= 0.3 is 0 Å². The third kappa shape index (κ3) is 2.73. The summed E-state index contributed by atoms with van der Waals surface area (Å²) in [4.78, 5) is 21.2. The van der Waals surface area contributed by atoms with Crippen LogP contribution in [0.3, 0.4) is 0 Å². The normalized spacial score (nSPS) is 21.7. The number of hydrogen-bond donors (Lipinski definition) is 0. The molecule has 1 atom stereocenters. The van der Waals surface area contributed by atoms with E-state index < -0.39 is 0 Å². The van der Waals surface area contributed by atoms with Crippen molar-refractivity contribution >= 4 is 17.4 Å². The summed E-state index contributed by atoms with van der Waals surface area (Å²) in [6.45, 7) is 7.74. The number of fused-ring (bicyclic) bond motifs is 1. The van der Waals surface area contributed by atoms with Crippen molar-refractivity contribution in [2.45, 2.75) is 32.8 Å². The summed E-state index contributed by atoms with van der Waals surface area (Å²) < 4.78 is 7.43. The van der Waals surface area contributed by atoms with Gasteiger partial charge in [-0.25, -0.2) is 4.98 Å². The van der Waals surface area contributed by atoms with E-state index in [4.69, 9.17) is 4.74 Å². The summed E-state index contributed by atoms with van der Waals surface area (Å²) in [5, 5.41) is 4.56. The number of carbonyl (C=O) groups excluding carboxylic acids is 1. The van der Waals surface area contributed by atoms with E-state index in [-0.39, 0.29) is 12.0 Å². The number of amides is 1. The Kier molecular flexibility index (Phi) is 3.88. The predicted octanol–water partition coefficient (Wildman–Crippen LogP) is 1.17. The van der Waals surface area contributed by atoms with Crippen molar-refractivity contribution in [3.8, 4) is 0 Å². The standard InChI is InChI=1S/C17H23N5O2/c1-12-11-16(22-15(18-12)10-13(2)19-22)20-5-7-21(8-6-20)17(23)14-4-3-9-24-14/h10-11,14H,3-9H2,1-2H3. The first-order valence-corrected chi connectivity index (χ1v) is 8.61. The largest absolute Gasteiger partial charge is 0.368 e. The number of ether oxygens (including phenoxy) is 1. The molecule has 2 aliphatic heterocycles. The van der Waals surface area contributed by atoms with Gasteiger partial charge in [0.15, 0.2) is 5.65 Å². The molecular weight excluding hydrogens is 306 g/mol. The van der Waals surface area contributed by atoms with Gasteiger partial charge in [0.2, 0.25) is 0 Å². The Labute approximate surface area is 141 Å². The van der Waals surface area contributed by atoms with E-state index in [1.165, 1.54) is 0 Å². The molecule has 0 N–H and O–H groups in total. The van der Waals surface area contributed by atoms with Crippen molar-refractivity contribution in [3.05, 3.63) is 23.5 Å². The van der Waals surface area contributed by atoms with E-state index >= 15 is 0 Å². The Hall–Kier alpha value is -2.15. The molecule has 4 heterocycles. The van der Waals surface area contributed by atoms with Crippen LogP contribution in [0.4, 0.5) is 5.82 Å². The van der Waals surface area contributed by atoms with Crippen LogP contribution in [0.5, 0.6) is 0 Å². The quantitative estimate of drug-likeness (QED) is 0.828. The van der Waals surface area contributed by atoms with Gasteiger partial charge in [-0.3, -0.25) is 4.79 Å². The smallest absolute Gasteiger partial charge is 0.251 e. The van der Waals surface area contributed by atoms with E-state index in [0.29, 0.717) is 6.61 Å². The Morgan fingerprint density at radius 3 is 2.67 bits per heavy atom. The van der Waals surface area contributed by atoms with Crippen molar-refractivity contribution in [2.75, 3.05) is 37.7 Å². The molecule has 2 aliphatic rings. The highest BCUT2D eigenvalue weighted by Gasteiger charge is 2.30. The Morgan fingerprint density at radius 2 is 1.96 bits per heavy atom. The summed E-state index contributed by atoms with van der Waals surface area (Å²) >= 11 is 0. The van der Waals surface area contributed by atoms with E-state index in [1.807, 2.05) is 29.3 Å². The van der Waals surface area contributed by atoms with Crippen molar-refractivity contribution in [1.29, 1.82) is 0 Å². The molecule has 128 valence electrons. The van der Waals surface area contributed by atoms with Gasteiger partial charge in [-0.1, -0.05) is 0 Å². The highest BCUT2D eigenvalue weighted by atomic mass is 16.5. The molecule has 1 unspecified atom stereocenters. The van der Waals surface area contributed by atoms with Crippen LogP contribution in [-0.2, 0) is 9.53 Å². The molecule has 0 aliphatic carbocycles. The topological polar surface area (TPSA) is 63.0 Å². The molecule has 2 aromatic heterocycles. The zero-order valence-corrected chi connectivity index (χ0v) is 14.2. The Balaban J connectivity index is 1.50. The minimum absolute atomic E-state index is 0.151. The molecule has 7 nitrogen and oxygen atoms in total. The molecule has 0 spiro atoms. The minimum atomic E-state index is -0.222. The summed E-state index contributed by atoms with van der Waals surface area (Å²) in [6, 6.07) is 4.06. The molecule has 0 bridgehead atoms. The van der Waals surface area contributed by atoms with Crippen molar-refractivity contribution in [3.63, 3.8) is 0 Å². The number of anilines is 1. The van der Waals surface area contributed by atoms with Gasteiger partial charge in [0.1, 0.15) is 11.9 Å². The lowest BCUT2D eigenvalue weighted by molar-refractivity contribution is -0.141. The molecular formula is C17H23N5O2. The highest BCUT2D eigenvalue weighted by molar-refractivity contribution is 5.81. The lowest BCUT2D eigenvalue weighted by Crippen LogP contribution is -2.51. The molecule has 24 heavy (non-hydrogen) atoms. The van der Waals surface area contributed by atoms with E-state index in [1.54, 1.807) is 0 Å². The molecule has 4 rings (SSSR count). The van der Waals surface area contributed by atoms with Crippen molar-refractivity contribution in [1.82, 2.24) is 19.5 Å². The fourth-order valence-corrected chi connectivity index (χ4v) is 3.55. The van der Waals surface area contributed by atoms with Crippen molar-refractivity contribution in [2.24, 2.45) is 0 Å². The summed E-state index contributed by atoms with van der Waals surface area (Å²) in [5.41, 5.74) is 2.82. The predicted molar refractivity (Wildman–Crippen MR) is 90.2 cm³/mol. The van der Waals surface area contributed by atoms with E-state index in [9.17, 15) is 4.79 Å². The van der Waals surface area contributed by atoms with Crippen LogP contribution < -0.4 is 4.90 Å². The molecule has 2 saturated heterocycles. The van der Waals surface area contributed by atoms with Crippen LogP contribution in [0, 0.1) is 13.8 Å². The maximum atomic E-state index is 12.5. The summed E-state index contributed by atoms with van der Waals surface area (Å²) in [5.74, 6) is 1.20. The third-order valence-corrected chi connectivity index (χ3v) is 4.78. The van der Waals surface area contributed by atoms with E-state index in [0.717, 1.165) is 61.9 Å². The maximum Gasteiger partial charge on any atom is 0.251 e. The second kappa shape index (κ2) is 6.05. The van der Waals surface area contributed by atoms with Crippen LogP contribution in [0.15, 0.2) is 12.1 Å².